The standard InChI is InChI=1S/C32H36O13/c1-30-14-21(33)20-13-32(30,31(20,29(40-3)45-30)16-42-27(38)18-9-11-19(39-2)12-10-18)44-28-25(36)24(35)23(34)22(43-28)15-41-26(37)17-7-5-4-6-8-17/h4-12,20,22-25,28-29,34-36H,13-16H2,1-3H3/t20-,22-,23-,24+,25-,28+,29+,30+,31+,32-/m1/s1. The van der Waals surface area contributed by atoms with Crippen LogP contribution in [0.1, 0.15) is 40.5 Å². The van der Waals surface area contributed by atoms with Gasteiger partial charge in [0.15, 0.2) is 12.6 Å². The molecule has 2 aromatic rings. The molecule has 5 aliphatic rings. The number of hydrogen-bond donors (Lipinski definition) is 3. The number of esters is 2. The Bertz CT molecular complexity index is 1430. The lowest BCUT2D eigenvalue weighted by Crippen LogP contribution is -2.80. The van der Waals surface area contributed by atoms with Gasteiger partial charge in [0.1, 0.15) is 60.4 Å². The van der Waals surface area contributed by atoms with Crippen LogP contribution in [0.25, 0.3) is 0 Å². The molecule has 2 aromatic carbocycles. The maximum Gasteiger partial charge on any atom is 0.338 e. The molecule has 13 heteroatoms. The van der Waals surface area contributed by atoms with Gasteiger partial charge in [0.05, 0.1) is 23.7 Å². The van der Waals surface area contributed by atoms with E-state index < -0.39 is 78.1 Å². The molecule has 13 nitrogen and oxygen atoms in total. The first kappa shape index (κ1) is 31.5. The van der Waals surface area contributed by atoms with E-state index in [0.717, 1.165) is 0 Å². The first-order chi connectivity index (χ1) is 21.5. The molecule has 3 saturated carbocycles. The number of Topliss-reactive ketones (excluding diaryl/α,β-unsaturated/α-hetero) is 1. The summed E-state index contributed by atoms with van der Waals surface area (Å²) in [5.41, 5.74) is -3.46. The molecule has 7 rings (SSSR count). The van der Waals surface area contributed by atoms with Crippen LogP contribution in [0.15, 0.2) is 54.6 Å². The van der Waals surface area contributed by atoms with Crippen LogP contribution in [0, 0.1) is 11.3 Å². The van der Waals surface area contributed by atoms with Crippen LogP contribution in [-0.4, -0.2) is 109 Å². The zero-order valence-corrected chi connectivity index (χ0v) is 25.0. The van der Waals surface area contributed by atoms with E-state index in [0.29, 0.717) is 5.75 Å². The highest BCUT2D eigenvalue weighted by atomic mass is 16.8. The monoisotopic (exact) mass is 628 g/mol. The van der Waals surface area contributed by atoms with E-state index in [1.165, 1.54) is 14.2 Å². The van der Waals surface area contributed by atoms with Crippen LogP contribution >= 0.6 is 0 Å². The third-order valence-corrected chi connectivity index (χ3v) is 9.76. The van der Waals surface area contributed by atoms with Gasteiger partial charge >= 0.3 is 11.9 Å². The second kappa shape index (κ2) is 11.7. The molecule has 0 unspecified atom stereocenters. The van der Waals surface area contributed by atoms with Gasteiger partial charge in [-0.3, -0.25) is 4.79 Å². The van der Waals surface area contributed by atoms with Gasteiger partial charge in [-0.05, 0) is 49.7 Å². The van der Waals surface area contributed by atoms with Crippen molar-refractivity contribution in [1.82, 2.24) is 0 Å². The molecule has 10 atom stereocenters. The summed E-state index contributed by atoms with van der Waals surface area (Å²) in [5.74, 6) is -1.55. The van der Waals surface area contributed by atoms with Crippen molar-refractivity contribution in [2.45, 2.75) is 68.0 Å². The van der Waals surface area contributed by atoms with Crippen LogP contribution < -0.4 is 4.74 Å². The number of aliphatic hydroxyl groups is 3. The Morgan fingerprint density at radius 2 is 1.58 bits per heavy atom. The molecule has 3 N–H and O–H groups in total. The predicted molar refractivity (Wildman–Crippen MR) is 151 cm³/mol. The third-order valence-electron chi connectivity index (χ3n) is 9.76. The highest BCUT2D eigenvalue weighted by Crippen LogP contribution is 2.74. The highest BCUT2D eigenvalue weighted by molar-refractivity contribution is 5.91. The van der Waals surface area contributed by atoms with Crippen molar-refractivity contribution >= 4 is 17.7 Å². The number of carbonyl (C=O) groups is 3. The summed E-state index contributed by atoms with van der Waals surface area (Å²) in [4.78, 5) is 38.9. The summed E-state index contributed by atoms with van der Waals surface area (Å²) in [6.45, 7) is 0.902. The van der Waals surface area contributed by atoms with Gasteiger partial charge in [-0.25, -0.2) is 9.59 Å². The van der Waals surface area contributed by atoms with Crippen molar-refractivity contribution in [2.75, 3.05) is 27.4 Å². The van der Waals surface area contributed by atoms with Crippen LogP contribution in [-0.2, 0) is 33.2 Å². The number of hydrogen-bond acceptors (Lipinski definition) is 13. The van der Waals surface area contributed by atoms with Crippen LogP contribution in [0.2, 0.25) is 0 Å². The van der Waals surface area contributed by atoms with Crippen molar-refractivity contribution < 1.29 is 62.9 Å². The van der Waals surface area contributed by atoms with Crippen molar-refractivity contribution in [3.05, 3.63) is 65.7 Å². The fraction of sp³-hybridized carbons (Fsp3) is 0.531. The minimum Gasteiger partial charge on any atom is -0.497 e. The first-order valence-corrected chi connectivity index (χ1v) is 14.6. The van der Waals surface area contributed by atoms with Crippen molar-refractivity contribution in [1.29, 1.82) is 0 Å². The number of rotatable bonds is 10. The van der Waals surface area contributed by atoms with Gasteiger partial charge in [-0.2, -0.15) is 0 Å². The number of carbonyl (C=O) groups excluding carboxylic acids is 3. The number of ketones is 1. The first-order valence-electron chi connectivity index (χ1n) is 14.6. The van der Waals surface area contributed by atoms with Gasteiger partial charge in [0.2, 0.25) is 0 Å². The van der Waals surface area contributed by atoms with Gasteiger partial charge in [0.25, 0.3) is 0 Å². The molecule has 5 fully saturated rings. The van der Waals surface area contributed by atoms with E-state index in [9.17, 15) is 29.7 Å². The molecule has 2 heterocycles. The molecule has 0 radical (unpaired) electrons. The Morgan fingerprint density at radius 3 is 2.24 bits per heavy atom. The normalized spacial score (nSPS) is 38.3. The summed E-state index contributed by atoms with van der Waals surface area (Å²) in [7, 11) is 2.91. The van der Waals surface area contributed by atoms with Crippen LogP contribution in [0.4, 0.5) is 0 Å². The predicted octanol–water partition coefficient (Wildman–Crippen LogP) is 1.01. The van der Waals surface area contributed by atoms with Gasteiger partial charge < -0.3 is 48.5 Å². The number of benzene rings is 2. The zero-order valence-electron chi connectivity index (χ0n) is 25.0. The Kier molecular flexibility index (Phi) is 8.23. The second-order valence-electron chi connectivity index (χ2n) is 12.1. The zero-order chi connectivity index (χ0) is 32.1. The molecule has 2 saturated heterocycles. The molecule has 0 amide bonds. The minimum atomic E-state index is -1.73. The largest absolute Gasteiger partial charge is 0.497 e. The maximum absolute atomic E-state index is 13.3. The van der Waals surface area contributed by atoms with E-state index >= 15 is 0 Å². The summed E-state index contributed by atoms with van der Waals surface area (Å²) >= 11 is 0. The summed E-state index contributed by atoms with van der Waals surface area (Å²) in [5, 5.41) is 32.4. The highest BCUT2D eigenvalue weighted by Gasteiger charge is 2.87. The quantitative estimate of drug-likeness (QED) is 0.318. The lowest BCUT2D eigenvalue weighted by Gasteiger charge is -2.66. The Labute approximate surface area is 258 Å². The van der Waals surface area contributed by atoms with Crippen LogP contribution in [0.3, 0.4) is 0 Å². The fourth-order valence-corrected chi connectivity index (χ4v) is 7.34. The van der Waals surface area contributed by atoms with Crippen molar-refractivity contribution in [2.24, 2.45) is 11.3 Å². The molecule has 45 heavy (non-hydrogen) atoms. The summed E-state index contributed by atoms with van der Waals surface area (Å²) < 4.78 is 40.7. The molecular weight excluding hydrogens is 592 g/mol. The molecule has 3 aliphatic carbocycles. The van der Waals surface area contributed by atoms with E-state index in [1.54, 1.807) is 61.5 Å². The van der Waals surface area contributed by atoms with E-state index in [4.69, 9.17) is 33.2 Å². The third kappa shape index (κ3) is 4.85. The number of aliphatic hydroxyl groups excluding tert-OH is 3. The van der Waals surface area contributed by atoms with E-state index in [1.807, 2.05) is 0 Å². The Hall–Kier alpha value is -3.43. The van der Waals surface area contributed by atoms with Gasteiger partial charge in [-0.1, -0.05) is 18.2 Å². The SMILES string of the molecule is COc1ccc(C(=O)OC[C@@]23[C@@H](OC)O[C@@]4(C)CC(=O)[C@H]2C[C@]34O[C@@H]2O[C@H](COC(=O)c3ccccc3)[C@@H](O)[C@H](O)[C@H]2O)cc1. The second-order valence-corrected chi connectivity index (χ2v) is 12.1. The van der Waals surface area contributed by atoms with Gasteiger partial charge in [-0.15, -0.1) is 0 Å². The Morgan fingerprint density at radius 1 is 0.911 bits per heavy atom. The number of ether oxygens (including phenoxy) is 7. The lowest BCUT2D eigenvalue weighted by molar-refractivity contribution is -0.381. The van der Waals surface area contributed by atoms with E-state index in [-0.39, 0.29) is 36.4 Å². The average Bonchev–Trinajstić information content (AvgIpc) is 3.13. The molecule has 2 aliphatic heterocycles. The van der Waals surface area contributed by atoms with Gasteiger partial charge in [0, 0.05) is 19.4 Å². The fourth-order valence-electron chi connectivity index (χ4n) is 7.34. The van der Waals surface area contributed by atoms with E-state index in [2.05, 4.69) is 0 Å². The topological polar surface area (TPSA) is 177 Å². The van der Waals surface area contributed by atoms with Crippen molar-refractivity contribution in [3.8, 4) is 5.75 Å². The maximum atomic E-state index is 13.3. The van der Waals surface area contributed by atoms with Crippen LogP contribution in [0.5, 0.6) is 5.75 Å². The average molecular weight is 629 g/mol. The molecule has 242 valence electrons. The molecule has 0 spiro atoms. The molecule has 0 aromatic heterocycles. The smallest absolute Gasteiger partial charge is 0.338 e. The van der Waals surface area contributed by atoms with Crippen molar-refractivity contribution in [3.63, 3.8) is 0 Å². The lowest BCUT2D eigenvalue weighted by atomic mass is 9.41. The number of fused-ring (bicyclic) bond motifs is 1. The summed E-state index contributed by atoms with van der Waals surface area (Å²) in [6, 6.07) is 14.5. The summed E-state index contributed by atoms with van der Waals surface area (Å²) in [6.07, 6.45) is -8.82. The Balaban J connectivity index is 1.25. The molecule has 4 bridgehead atoms. The molecular formula is C32H36O13. The minimum absolute atomic E-state index is 0.0438. The number of methoxy groups -OCH3 is 2.